The molecule has 3 aromatic heterocycles. The van der Waals surface area contributed by atoms with Crippen molar-refractivity contribution in [2.75, 3.05) is 7.11 Å². The lowest BCUT2D eigenvalue weighted by Gasteiger charge is -2.17. The average Bonchev–Trinajstić information content (AvgIpc) is 3.71. The number of carbonyl (C=O) groups excluding carboxylic acids is 3. The van der Waals surface area contributed by atoms with Crippen LogP contribution in [0.1, 0.15) is 118 Å². The Labute approximate surface area is 244 Å². The van der Waals surface area contributed by atoms with Crippen molar-refractivity contribution < 1.29 is 19.1 Å². The summed E-state index contributed by atoms with van der Waals surface area (Å²) in [5.74, 6) is -0.0661. The van der Waals surface area contributed by atoms with Crippen LogP contribution in [-0.2, 0) is 16.0 Å². The number of nitrogens with zero attached hydrogens (tertiary/aromatic N) is 2. The number of ketones is 1. The van der Waals surface area contributed by atoms with E-state index in [1.807, 2.05) is 32.0 Å². The van der Waals surface area contributed by atoms with Crippen molar-refractivity contribution in [2.45, 2.75) is 78.6 Å². The van der Waals surface area contributed by atoms with Crippen LogP contribution >= 0.6 is 0 Å². The van der Waals surface area contributed by atoms with Crippen LogP contribution in [0.2, 0.25) is 0 Å². The fourth-order valence-corrected chi connectivity index (χ4v) is 6.88. The molecule has 0 amide bonds. The quantitative estimate of drug-likeness (QED) is 0.245. The van der Waals surface area contributed by atoms with Crippen molar-refractivity contribution in [3.63, 3.8) is 0 Å². The number of aryl methyl sites for hydroxylation is 2. The lowest BCUT2D eigenvalue weighted by atomic mass is 9.85. The van der Waals surface area contributed by atoms with E-state index in [0.29, 0.717) is 24.8 Å². The van der Waals surface area contributed by atoms with Gasteiger partial charge in [-0.25, -0.2) is 4.98 Å². The monoisotopic (exact) mass is 564 g/mol. The number of ether oxygens (including phenoxy) is 1. The van der Waals surface area contributed by atoms with Crippen molar-refractivity contribution in [1.82, 2.24) is 19.9 Å². The molecule has 2 N–H and O–H groups in total. The maximum absolute atomic E-state index is 13.4. The highest BCUT2D eigenvalue weighted by molar-refractivity contribution is 6.13. The highest BCUT2D eigenvalue weighted by Crippen LogP contribution is 2.44. The predicted molar refractivity (Wildman–Crippen MR) is 164 cm³/mol. The molecule has 216 valence electrons. The van der Waals surface area contributed by atoms with Crippen molar-refractivity contribution in [3.8, 4) is 0 Å². The smallest absolute Gasteiger partial charge is 0.305 e. The molecular formula is C34H36N4O4. The molecule has 0 saturated heterocycles. The van der Waals surface area contributed by atoms with E-state index in [2.05, 4.69) is 30.7 Å². The zero-order valence-electron chi connectivity index (χ0n) is 25.0. The van der Waals surface area contributed by atoms with E-state index in [-0.39, 0.29) is 23.6 Å². The molecule has 3 aliphatic rings. The largest absolute Gasteiger partial charge is 0.469 e. The van der Waals surface area contributed by atoms with E-state index in [1.165, 1.54) is 7.11 Å². The van der Waals surface area contributed by atoms with Gasteiger partial charge in [0.15, 0.2) is 12.1 Å². The Bertz CT molecular complexity index is 1870. The summed E-state index contributed by atoms with van der Waals surface area (Å²) in [7, 11) is 1.41. The molecule has 8 bridgehead atoms. The summed E-state index contributed by atoms with van der Waals surface area (Å²) in [6, 6.07) is 6.02. The standard InChI is InChI=1S/C34H36N4O4/c1-7-20-16(2)25-13-29-23(15-39)18(4)24(36-29)12-26-17(3)21(9-8-10-31(41)42-6)33(37-26)22-11-30(40)32-19(5)27(38-34(22)32)14-28(20)35-25/h12-15,17,21,36,38H,7-11H2,1-6H3/t17-,21-/m0/s1. The minimum atomic E-state index is -0.232. The number of H-pyrrole nitrogens is 2. The van der Waals surface area contributed by atoms with Gasteiger partial charge in [0.2, 0.25) is 0 Å². The minimum absolute atomic E-state index is 0.0291. The van der Waals surface area contributed by atoms with E-state index in [9.17, 15) is 14.4 Å². The van der Waals surface area contributed by atoms with Gasteiger partial charge in [0.1, 0.15) is 0 Å². The van der Waals surface area contributed by atoms with Gasteiger partial charge in [-0.3, -0.25) is 19.4 Å². The minimum Gasteiger partial charge on any atom is -0.469 e. The maximum Gasteiger partial charge on any atom is 0.305 e. The summed E-state index contributed by atoms with van der Waals surface area (Å²) in [6.45, 7) is 10.3. The molecule has 8 heteroatoms. The lowest BCUT2D eigenvalue weighted by molar-refractivity contribution is -0.140. The van der Waals surface area contributed by atoms with E-state index in [1.54, 1.807) is 0 Å². The highest BCUT2D eigenvalue weighted by atomic mass is 16.5. The van der Waals surface area contributed by atoms with Gasteiger partial charge in [-0.1, -0.05) is 13.8 Å². The van der Waals surface area contributed by atoms with Crippen LogP contribution in [-0.4, -0.2) is 45.1 Å². The fourth-order valence-electron chi connectivity index (χ4n) is 6.88. The van der Waals surface area contributed by atoms with Gasteiger partial charge in [0.25, 0.3) is 0 Å². The fraction of sp³-hybridized carbons (Fsp3) is 0.382. The molecule has 2 aliphatic heterocycles. The molecule has 3 aromatic rings. The topological polar surface area (TPSA) is 118 Å². The van der Waals surface area contributed by atoms with Gasteiger partial charge in [-0.05, 0) is 80.5 Å². The van der Waals surface area contributed by atoms with Gasteiger partial charge in [0, 0.05) is 58.1 Å². The second-order valence-corrected chi connectivity index (χ2v) is 11.7. The Morgan fingerprint density at radius 2 is 1.79 bits per heavy atom. The summed E-state index contributed by atoms with van der Waals surface area (Å²) < 4.78 is 4.88. The number of methoxy groups -OCH3 is 1. The molecule has 42 heavy (non-hydrogen) atoms. The SMILES string of the molecule is CCC1=C(C)c2cc3[nH]c(cc4nc(c5c6[nH]c(cc1n2)c(C)c6C(=O)C5)[C@@H](CCCC(=O)OC)[C@@H]4C)c(C)c3C=O. The number of allylic oxidation sites excluding steroid dienone is 2. The van der Waals surface area contributed by atoms with E-state index >= 15 is 0 Å². The van der Waals surface area contributed by atoms with Gasteiger partial charge >= 0.3 is 5.97 Å². The second kappa shape index (κ2) is 10.5. The molecule has 0 unspecified atom stereocenters. The molecule has 0 saturated carbocycles. The van der Waals surface area contributed by atoms with Crippen molar-refractivity contribution in [2.24, 2.45) is 0 Å². The molecule has 0 spiro atoms. The van der Waals surface area contributed by atoms with Crippen LogP contribution in [0.4, 0.5) is 0 Å². The Hall–Kier alpha value is -4.33. The first-order chi connectivity index (χ1) is 20.2. The number of aromatic nitrogens is 4. The van der Waals surface area contributed by atoms with Crippen LogP contribution in [0, 0.1) is 13.8 Å². The number of esters is 1. The Balaban J connectivity index is 1.70. The lowest BCUT2D eigenvalue weighted by Crippen LogP contribution is -2.07. The average molecular weight is 565 g/mol. The number of hydrogen-bond acceptors (Lipinski definition) is 6. The van der Waals surface area contributed by atoms with Crippen molar-refractivity contribution >= 4 is 51.3 Å². The first kappa shape index (κ1) is 27.8. The number of fused-ring (bicyclic) bond motifs is 8. The number of aromatic amines is 2. The number of Topliss-reactive ketones (excluding diaryl/α,β-unsaturated/α-hetero) is 1. The van der Waals surface area contributed by atoms with Crippen LogP contribution in [0.15, 0.2) is 18.2 Å². The number of hydrogen-bond donors (Lipinski definition) is 2. The molecule has 5 heterocycles. The molecule has 1 aliphatic carbocycles. The third kappa shape index (κ3) is 4.32. The van der Waals surface area contributed by atoms with Gasteiger partial charge in [-0.2, -0.15) is 0 Å². The van der Waals surface area contributed by atoms with Gasteiger partial charge < -0.3 is 14.7 Å². The summed E-state index contributed by atoms with van der Waals surface area (Å²) >= 11 is 0. The summed E-state index contributed by atoms with van der Waals surface area (Å²) in [6.07, 6.45) is 3.72. The maximum atomic E-state index is 13.4. The normalized spacial score (nSPS) is 17.7. The van der Waals surface area contributed by atoms with E-state index in [0.717, 1.165) is 97.4 Å². The predicted octanol–water partition coefficient (Wildman–Crippen LogP) is 7.05. The number of nitrogens with one attached hydrogen (secondary N) is 2. The third-order valence-electron chi connectivity index (χ3n) is 9.39. The molecule has 2 atom stereocenters. The molecule has 8 nitrogen and oxygen atoms in total. The zero-order chi connectivity index (χ0) is 29.9. The molecule has 0 fully saturated rings. The summed E-state index contributed by atoms with van der Waals surface area (Å²) in [4.78, 5) is 54.8. The third-order valence-corrected chi connectivity index (χ3v) is 9.39. The Kier molecular flexibility index (Phi) is 6.95. The van der Waals surface area contributed by atoms with Crippen LogP contribution < -0.4 is 0 Å². The van der Waals surface area contributed by atoms with Crippen molar-refractivity contribution in [3.05, 3.63) is 68.8 Å². The second-order valence-electron chi connectivity index (χ2n) is 11.7. The summed E-state index contributed by atoms with van der Waals surface area (Å²) in [5, 5.41) is 0. The van der Waals surface area contributed by atoms with Crippen LogP contribution in [0.5, 0.6) is 0 Å². The number of carbonyl (C=O) groups is 3. The molecule has 6 rings (SSSR count). The van der Waals surface area contributed by atoms with E-state index < -0.39 is 0 Å². The number of rotatable bonds is 6. The van der Waals surface area contributed by atoms with E-state index in [4.69, 9.17) is 14.7 Å². The highest BCUT2D eigenvalue weighted by Gasteiger charge is 2.35. The number of aldehydes is 1. The van der Waals surface area contributed by atoms with Gasteiger partial charge in [0.05, 0.1) is 35.2 Å². The molecular weight excluding hydrogens is 528 g/mol. The zero-order valence-corrected chi connectivity index (χ0v) is 25.0. The van der Waals surface area contributed by atoms with Crippen molar-refractivity contribution in [1.29, 1.82) is 0 Å². The first-order valence-corrected chi connectivity index (χ1v) is 14.7. The molecule has 0 aromatic carbocycles. The van der Waals surface area contributed by atoms with Crippen LogP contribution in [0.3, 0.4) is 0 Å². The van der Waals surface area contributed by atoms with Crippen LogP contribution in [0.25, 0.3) is 33.2 Å². The first-order valence-electron chi connectivity index (χ1n) is 14.7. The van der Waals surface area contributed by atoms with Gasteiger partial charge in [-0.15, -0.1) is 0 Å². The Morgan fingerprint density at radius 3 is 2.50 bits per heavy atom. The Morgan fingerprint density at radius 1 is 1.05 bits per heavy atom. The summed E-state index contributed by atoms with van der Waals surface area (Å²) in [5.41, 5.74) is 13.0. The molecule has 0 radical (unpaired) electrons.